The maximum Gasteiger partial charge on any atom is 0.306 e. The maximum absolute atomic E-state index is 12.9. The molecule has 404 valence electrons. The number of carbonyl (C=O) groups is 3. The highest BCUT2D eigenvalue weighted by molar-refractivity contribution is 5.71. The lowest BCUT2D eigenvalue weighted by molar-refractivity contribution is -0.167. The van der Waals surface area contributed by atoms with Gasteiger partial charge in [0.15, 0.2) is 6.10 Å². The summed E-state index contributed by atoms with van der Waals surface area (Å²) in [5.74, 6) is -0.899. The fraction of sp³-hybridized carbons (Fsp3) is 0.766. The van der Waals surface area contributed by atoms with E-state index in [1.165, 1.54) is 161 Å². The topological polar surface area (TPSA) is 78.9 Å². The summed E-state index contributed by atoms with van der Waals surface area (Å²) < 4.78 is 16.9. The van der Waals surface area contributed by atoms with E-state index in [1.807, 2.05) is 0 Å². The first-order valence-electron chi connectivity index (χ1n) is 29.9. The maximum atomic E-state index is 12.9. The summed E-state index contributed by atoms with van der Waals surface area (Å²) in [6.07, 6.45) is 74.6. The molecule has 0 saturated heterocycles. The molecule has 0 amide bonds. The number of rotatable bonds is 54. The van der Waals surface area contributed by atoms with Gasteiger partial charge in [-0.15, -0.1) is 0 Å². The van der Waals surface area contributed by atoms with Crippen LogP contribution in [0, 0.1) is 0 Å². The third kappa shape index (κ3) is 55.8. The summed E-state index contributed by atoms with van der Waals surface area (Å²) in [5, 5.41) is 0. The molecule has 0 bridgehead atoms. The van der Waals surface area contributed by atoms with Gasteiger partial charge in [-0.1, -0.05) is 241 Å². The van der Waals surface area contributed by atoms with Crippen LogP contribution in [0.15, 0.2) is 72.9 Å². The highest BCUT2D eigenvalue weighted by Crippen LogP contribution is 2.15. The Morgan fingerprint density at radius 3 is 0.914 bits per heavy atom. The first-order chi connectivity index (χ1) is 34.5. The van der Waals surface area contributed by atoms with Crippen LogP contribution in [0.1, 0.15) is 297 Å². The molecule has 70 heavy (non-hydrogen) atoms. The zero-order valence-corrected chi connectivity index (χ0v) is 46.3. The molecule has 0 aromatic rings. The van der Waals surface area contributed by atoms with Crippen LogP contribution in [0.25, 0.3) is 0 Å². The number of carbonyl (C=O) groups excluding carboxylic acids is 3. The normalized spacial score (nSPS) is 12.6. The van der Waals surface area contributed by atoms with Gasteiger partial charge in [-0.05, 0) is 109 Å². The molecule has 1 atom stereocenters. The summed E-state index contributed by atoms with van der Waals surface area (Å²) in [7, 11) is 0. The number of hydrogen-bond donors (Lipinski definition) is 0. The molecule has 0 aliphatic carbocycles. The summed E-state index contributed by atoms with van der Waals surface area (Å²) in [6, 6.07) is 0. The van der Waals surface area contributed by atoms with Gasteiger partial charge in [-0.25, -0.2) is 0 Å². The predicted octanol–water partition coefficient (Wildman–Crippen LogP) is 20.2. The van der Waals surface area contributed by atoms with Crippen molar-refractivity contribution in [1.82, 2.24) is 0 Å². The number of allylic oxidation sites excluding steroid dienone is 12. The van der Waals surface area contributed by atoms with Gasteiger partial charge in [0.2, 0.25) is 0 Å². The molecule has 0 aromatic heterocycles. The standard InChI is InChI=1S/C64H112O6/c1-4-7-10-13-16-19-22-25-28-31-32-34-36-39-42-45-48-51-54-57-63(66)69-60-61(59-68-62(65)56-53-50-47-44-41-38-35-30-27-24-21-18-15-12-9-6-3)70-64(67)58-55-52-49-46-43-40-37-33-29-26-23-20-17-14-11-8-5-2/h9,12,17-18,20-21,26-27,29-32,61H,4-8,10-11,13-16,19,22-25,28,33-60H2,1-3H3/b12-9-,20-17-,21-18-,29-26-,30-27-,32-31-. The van der Waals surface area contributed by atoms with Crippen molar-refractivity contribution in [1.29, 1.82) is 0 Å². The Labute approximate surface area is 433 Å². The van der Waals surface area contributed by atoms with E-state index in [4.69, 9.17) is 14.2 Å². The van der Waals surface area contributed by atoms with Gasteiger partial charge >= 0.3 is 17.9 Å². The van der Waals surface area contributed by atoms with Crippen LogP contribution >= 0.6 is 0 Å². The third-order valence-corrected chi connectivity index (χ3v) is 12.9. The average Bonchev–Trinajstić information content (AvgIpc) is 3.36. The number of hydrogen-bond acceptors (Lipinski definition) is 6. The van der Waals surface area contributed by atoms with E-state index in [0.717, 1.165) is 96.3 Å². The summed E-state index contributed by atoms with van der Waals surface area (Å²) in [4.78, 5) is 38.2. The quantitative estimate of drug-likeness (QED) is 0.0261. The van der Waals surface area contributed by atoms with E-state index >= 15 is 0 Å². The van der Waals surface area contributed by atoms with E-state index in [1.54, 1.807) is 0 Å². The fourth-order valence-electron chi connectivity index (χ4n) is 8.42. The van der Waals surface area contributed by atoms with Gasteiger partial charge in [0.25, 0.3) is 0 Å². The van der Waals surface area contributed by atoms with Crippen LogP contribution in [-0.4, -0.2) is 37.2 Å². The Morgan fingerprint density at radius 2 is 0.557 bits per heavy atom. The minimum atomic E-state index is -0.788. The molecule has 6 nitrogen and oxygen atoms in total. The second-order valence-corrected chi connectivity index (χ2v) is 19.9. The van der Waals surface area contributed by atoms with Crippen molar-refractivity contribution in [2.45, 2.75) is 303 Å². The van der Waals surface area contributed by atoms with Crippen molar-refractivity contribution < 1.29 is 28.6 Å². The van der Waals surface area contributed by atoms with Gasteiger partial charge in [0.1, 0.15) is 13.2 Å². The Kier molecular flexibility index (Phi) is 55.8. The summed E-state index contributed by atoms with van der Waals surface area (Å²) >= 11 is 0. The lowest BCUT2D eigenvalue weighted by atomic mass is 10.1. The van der Waals surface area contributed by atoms with Crippen molar-refractivity contribution in [3.63, 3.8) is 0 Å². The average molecular weight is 978 g/mol. The van der Waals surface area contributed by atoms with Crippen LogP contribution in [0.2, 0.25) is 0 Å². The van der Waals surface area contributed by atoms with Crippen molar-refractivity contribution in [3.05, 3.63) is 72.9 Å². The molecule has 0 heterocycles. The van der Waals surface area contributed by atoms with Gasteiger partial charge in [0, 0.05) is 19.3 Å². The highest BCUT2D eigenvalue weighted by atomic mass is 16.6. The Hall–Kier alpha value is -3.15. The summed E-state index contributed by atoms with van der Waals surface area (Å²) in [5.41, 5.74) is 0. The van der Waals surface area contributed by atoms with Gasteiger partial charge in [0.05, 0.1) is 0 Å². The third-order valence-electron chi connectivity index (χ3n) is 12.9. The number of ether oxygens (including phenoxy) is 3. The van der Waals surface area contributed by atoms with E-state index in [0.29, 0.717) is 19.3 Å². The molecule has 0 aliphatic heterocycles. The summed E-state index contributed by atoms with van der Waals surface area (Å²) in [6.45, 7) is 6.51. The molecule has 0 N–H and O–H groups in total. The highest BCUT2D eigenvalue weighted by Gasteiger charge is 2.19. The molecule has 0 rings (SSSR count). The molecule has 0 saturated carbocycles. The molecule has 6 heteroatoms. The molecule has 1 unspecified atom stereocenters. The molecular weight excluding hydrogens is 865 g/mol. The van der Waals surface area contributed by atoms with Crippen LogP contribution in [0.5, 0.6) is 0 Å². The van der Waals surface area contributed by atoms with Crippen LogP contribution < -0.4 is 0 Å². The van der Waals surface area contributed by atoms with Crippen molar-refractivity contribution in [3.8, 4) is 0 Å². The number of esters is 3. The molecule has 0 fully saturated rings. The Morgan fingerprint density at radius 1 is 0.300 bits per heavy atom. The van der Waals surface area contributed by atoms with Crippen LogP contribution in [-0.2, 0) is 28.6 Å². The van der Waals surface area contributed by atoms with Crippen molar-refractivity contribution in [2.24, 2.45) is 0 Å². The lowest BCUT2D eigenvalue weighted by Gasteiger charge is -2.18. The first-order valence-corrected chi connectivity index (χ1v) is 29.9. The van der Waals surface area contributed by atoms with Crippen LogP contribution in [0.3, 0.4) is 0 Å². The zero-order valence-electron chi connectivity index (χ0n) is 46.3. The van der Waals surface area contributed by atoms with Gasteiger partial charge in [-0.2, -0.15) is 0 Å². The van der Waals surface area contributed by atoms with E-state index < -0.39 is 6.10 Å². The van der Waals surface area contributed by atoms with E-state index in [-0.39, 0.29) is 31.1 Å². The Bertz CT molecular complexity index is 1310. The molecule has 0 aromatic carbocycles. The van der Waals surface area contributed by atoms with Gasteiger partial charge in [-0.3, -0.25) is 14.4 Å². The molecular formula is C64H112O6. The minimum Gasteiger partial charge on any atom is -0.462 e. The van der Waals surface area contributed by atoms with Crippen molar-refractivity contribution in [2.75, 3.05) is 13.2 Å². The van der Waals surface area contributed by atoms with Crippen molar-refractivity contribution >= 4 is 17.9 Å². The first kappa shape index (κ1) is 66.9. The van der Waals surface area contributed by atoms with Crippen LogP contribution in [0.4, 0.5) is 0 Å². The second kappa shape index (κ2) is 58.4. The predicted molar refractivity (Wildman–Crippen MR) is 302 cm³/mol. The molecule has 0 aliphatic rings. The van der Waals surface area contributed by atoms with Gasteiger partial charge < -0.3 is 14.2 Å². The lowest BCUT2D eigenvalue weighted by Crippen LogP contribution is -2.30. The molecule has 0 spiro atoms. The number of unbranched alkanes of at least 4 members (excludes halogenated alkanes) is 31. The van der Waals surface area contributed by atoms with E-state index in [9.17, 15) is 14.4 Å². The monoisotopic (exact) mass is 977 g/mol. The largest absolute Gasteiger partial charge is 0.462 e. The molecule has 0 radical (unpaired) electrons. The zero-order chi connectivity index (χ0) is 50.7. The Balaban J connectivity index is 4.40. The second-order valence-electron chi connectivity index (χ2n) is 19.9. The SMILES string of the molecule is CC/C=C\C/C=C\C/C=C\CCCCCCCCC(=O)OCC(COC(=O)CCCCCCCCC/C=C\CCCCCCCCCC)OC(=O)CCCCCCCCC/C=C\C/C=C\CCCCC. The minimum absolute atomic E-state index is 0.0844. The fourth-order valence-corrected chi connectivity index (χ4v) is 8.42. The smallest absolute Gasteiger partial charge is 0.306 e. The van der Waals surface area contributed by atoms with E-state index in [2.05, 4.69) is 93.7 Å².